The maximum absolute atomic E-state index is 12.2. The minimum atomic E-state index is -0.167. The second-order valence-electron chi connectivity index (χ2n) is 5.08. The lowest BCUT2D eigenvalue weighted by molar-refractivity contribution is 0.0953. The molecule has 2 aromatic rings. The van der Waals surface area contributed by atoms with Crippen LogP contribution in [0.15, 0.2) is 36.4 Å². The van der Waals surface area contributed by atoms with Crippen LogP contribution >= 0.6 is 23.2 Å². The summed E-state index contributed by atoms with van der Waals surface area (Å²) < 4.78 is 10.9. The lowest BCUT2D eigenvalue weighted by atomic mass is 10.1. The van der Waals surface area contributed by atoms with E-state index in [1.165, 1.54) is 0 Å². The molecule has 0 saturated carbocycles. The Labute approximate surface area is 144 Å². The van der Waals surface area contributed by atoms with E-state index in [0.717, 1.165) is 5.56 Å². The molecule has 2 aromatic carbocycles. The van der Waals surface area contributed by atoms with E-state index in [2.05, 4.69) is 5.32 Å². The van der Waals surface area contributed by atoms with Crippen LogP contribution in [0.4, 0.5) is 0 Å². The van der Waals surface area contributed by atoms with Crippen molar-refractivity contribution in [1.29, 1.82) is 0 Å². The predicted molar refractivity (Wildman–Crippen MR) is 89.9 cm³/mol. The van der Waals surface area contributed by atoms with Gasteiger partial charge in [-0.3, -0.25) is 4.79 Å². The molecule has 1 amide bonds. The van der Waals surface area contributed by atoms with Crippen LogP contribution < -0.4 is 14.8 Å². The summed E-state index contributed by atoms with van der Waals surface area (Å²) in [4.78, 5) is 12.2. The van der Waals surface area contributed by atoms with Gasteiger partial charge in [0.1, 0.15) is 13.2 Å². The first-order chi connectivity index (χ1) is 11.1. The number of rotatable bonds is 4. The number of ether oxygens (including phenoxy) is 2. The molecule has 6 heteroatoms. The standard InChI is InChI=1S/C17H15Cl2NO3/c18-13-3-1-2-11(16(13)19)6-7-20-17(21)12-4-5-14-15(10-12)23-9-8-22-14/h1-5,10H,6-9H2,(H,20,21). The second-order valence-corrected chi connectivity index (χ2v) is 5.86. The molecule has 0 atom stereocenters. The number of amides is 1. The maximum Gasteiger partial charge on any atom is 0.251 e. The van der Waals surface area contributed by atoms with E-state index in [1.54, 1.807) is 24.3 Å². The average Bonchev–Trinajstić information content (AvgIpc) is 2.58. The third-order valence-corrected chi connectivity index (χ3v) is 4.37. The molecule has 0 spiro atoms. The molecule has 0 unspecified atom stereocenters. The number of benzene rings is 2. The van der Waals surface area contributed by atoms with Crippen molar-refractivity contribution in [3.8, 4) is 11.5 Å². The first kappa shape index (κ1) is 16.0. The van der Waals surface area contributed by atoms with Gasteiger partial charge in [-0.05, 0) is 36.2 Å². The van der Waals surface area contributed by atoms with Gasteiger partial charge in [0.2, 0.25) is 0 Å². The molecule has 3 rings (SSSR count). The van der Waals surface area contributed by atoms with Crippen LogP contribution in [0.3, 0.4) is 0 Å². The van der Waals surface area contributed by atoms with E-state index in [4.69, 9.17) is 32.7 Å². The highest BCUT2D eigenvalue weighted by atomic mass is 35.5. The van der Waals surface area contributed by atoms with Crippen LogP contribution in [0, 0.1) is 0 Å². The van der Waals surface area contributed by atoms with Crippen molar-refractivity contribution in [2.24, 2.45) is 0 Å². The zero-order chi connectivity index (χ0) is 16.2. The first-order valence-corrected chi connectivity index (χ1v) is 8.01. The summed E-state index contributed by atoms with van der Waals surface area (Å²) >= 11 is 12.1. The van der Waals surface area contributed by atoms with Crippen LogP contribution in [0.5, 0.6) is 11.5 Å². The number of hydrogen-bond acceptors (Lipinski definition) is 3. The molecule has 1 heterocycles. The Hall–Kier alpha value is -1.91. The highest BCUT2D eigenvalue weighted by Crippen LogP contribution is 2.30. The second kappa shape index (κ2) is 7.11. The number of carbonyl (C=O) groups is 1. The van der Waals surface area contributed by atoms with Crippen LogP contribution in [0.2, 0.25) is 10.0 Å². The lowest BCUT2D eigenvalue weighted by Gasteiger charge is -2.18. The quantitative estimate of drug-likeness (QED) is 0.912. The summed E-state index contributed by atoms with van der Waals surface area (Å²) in [6.07, 6.45) is 0.607. The van der Waals surface area contributed by atoms with Crippen LogP contribution in [-0.4, -0.2) is 25.7 Å². The van der Waals surface area contributed by atoms with Gasteiger partial charge in [-0.2, -0.15) is 0 Å². The van der Waals surface area contributed by atoms with Gasteiger partial charge >= 0.3 is 0 Å². The van der Waals surface area contributed by atoms with Gasteiger partial charge in [0, 0.05) is 12.1 Å². The molecular weight excluding hydrogens is 337 g/mol. The summed E-state index contributed by atoms with van der Waals surface area (Å²) in [6.45, 7) is 1.48. The zero-order valence-corrected chi connectivity index (χ0v) is 13.8. The molecule has 1 aliphatic heterocycles. The van der Waals surface area contributed by atoms with E-state index in [0.29, 0.717) is 53.3 Å². The van der Waals surface area contributed by atoms with E-state index in [1.807, 2.05) is 12.1 Å². The Morgan fingerprint density at radius 2 is 1.87 bits per heavy atom. The first-order valence-electron chi connectivity index (χ1n) is 7.26. The van der Waals surface area contributed by atoms with Crippen molar-refractivity contribution in [3.63, 3.8) is 0 Å². The molecule has 0 saturated heterocycles. The number of hydrogen-bond donors (Lipinski definition) is 1. The van der Waals surface area contributed by atoms with E-state index >= 15 is 0 Å². The van der Waals surface area contributed by atoms with Gasteiger partial charge < -0.3 is 14.8 Å². The third kappa shape index (κ3) is 3.71. The van der Waals surface area contributed by atoms with Gasteiger partial charge in [0.15, 0.2) is 11.5 Å². The number of halogens is 2. The van der Waals surface area contributed by atoms with Gasteiger partial charge in [0.25, 0.3) is 5.91 Å². The number of nitrogens with one attached hydrogen (secondary N) is 1. The van der Waals surface area contributed by atoms with Crippen molar-refractivity contribution < 1.29 is 14.3 Å². The molecule has 0 bridgehead atoms. The third-order valence-electron chi connectivity index (χ3n) is 3.52. The van der Waals surface area contributed by atoms with Gasteiger partial charge in [-0.15, -0.1) is 0 Å². The predicted octanol–water partition coefficient (Wildman–Crippen LogP) is 3.74. The highest BCUT2D eigenvalue weighted by molar-refractivity contribution is 6.42. The Morgan fingerprint density at radius 1 is 1.09 bits per heavy atom. The van der Waals surface area contributed by atoms with Crippen LogP contribution in [-0.2, 0) is 6.42 Å². The highest BCUT2D eigenvalue weighted by Gasteiger charge is 2.14. The molecular formula is C17H15Cl2NO3. The zero-order valence-electron chi connectivity index (χ0n) is 12.3. The Kier molecular flexibility index (Phi) is 4.94. The summed E-state index contributed by atoms with van der Waals surface area (Å²) in [5.74, 6) is 1.10. The SMILES string of the molecule is O=C(NCCc1cccc(Cl)c1Cl)c1ccc2c(c1)OCCO2. The maximum atomic E-state index is 12.2. The lowest BCUT2D eigenvalue weighted by Crippen LogP contribution is -2.26. The van der Waals surface area contributed by atoms with Crippen molar-refractivity contribution in [2.75, 3.05) is 19.8 Å². The molecule has 0 radical (unpaired) electrons. The monoisotopic (exact) mass is 351 g/mol. The largest absolute Gasteiger partial charge is 0.486 e. The number of fused-ring (bicyclic) bond motifs is 1. The fourth-order valence-corrected chi connectivity index (χ4v) is 2.75. The van der Waals surface area contributed by atoms with E-state index in [9.17, 15) is 4.79 Å². The van der Waals surface area contributed by atoms with Crippen LogP contribution in [0.1, 0.15) is 15.9 Å². The van der Waals surface area contributed by atoms with Crippen molar-refractivity contribution in [3.05, 3.63) is 57.6 Å². The van der Waals surface area contributed by atoms with Crippen molar-refractivity contribution in [1.82, 2.24) is 5.32 Å². The van der Waals surface area contributed by atoms with E-state index < -0.39 is 0 Å². The molecule has 0 aliphatic carbocycles. The normalized spacial score (nSPS) is 12.8. The Morgan fingerprint density at radius 3 is 2.70 bits per heavy atom. The fraction of sp³-hybridized carbons (Fsp3) is 0.235. The molecule has 1 N–H and O–H groups in total. The minimum Gasteiger partial charge on any atom is -0.486 e. The molecule has 0 fully saturated rings. The average molecular weight is 352 g/mol. The summed E-state index contributed by atoms with van der Waals surface area (Å²) in [5, 5.41) is 3.91. The van der Waals surface area contributed by atoms with E-state index in [-0.39, 0.29) is 5.91 Å². The van der Waals surface area contributed by atoms with Crippen molar-refractivity contribution in [2.45, 2.75) is 6.42 Å². The molecule has 23 heavy (non-hydrogen) atoms. The molecule has 4 nitrogen and oxygen atoms in total. The molecule has 1 aliphatic rings. The number of carbonyl (C=O) groups excluding carboxylic acids is 1. The molecule has 0 aromatic heterocycles. The van der Waals surface area contributed by atoms with Crippen LogP contribution in [0.25, 0.3) is 0 Å². The van der Waals surface area contributed by atoms with Gasteiger partial charge in [-0.25, -0.2) is 0 Å². The van der Waals surface area contributed by atoms with Gasteiger partial charge in [-0.1, -0.05) is 35.3 Å². The topological polar surface area (TPSA) is 47.6 Å². The smallest absolute Gasteiger partial charge is 0.251 e. The Bertz CT molecular complexity index is 734. The summed E-state index contributed by atoms with van der Waals surface area (Å²) in [6, 6.07) is 10.6. The minimum absolute atomic E-state index is 0.167. The summed E-state index contributed by atoms with van der Waals surface area (Å²) in [5.41, 5.74) is 1.44. The summed E-state index contributed by atoms with van der Waals surface area (Å²) in [7, 11) is 0. The van der Waals surface area contributed by atoms with Crippen molar-refractivity contribution >= 4 is 29.1 Å². The van der Waals surface area contributed by atoms with Gasteiger partial charge in [0.05, 0.1) is 10.0 Å². The Balaban J connectivity index is 1.60. The fourth-order valence-electron chi connectivity index (χ4n) is 2.34. The molecule has 120 valence electrons.